The minimum absolute atomic E-state index is 0.633. The third-order valence-corrected chi connectivity index (χ3v) is 4.64. The van der Waals surface area contributed by atoms with Crippen molar-refractivity contribution in [1.29, 1.82) is 0 Å². The number of pyridine rings is 1. The first-order valence-corrected chi connectivity index (χ1v) is 7.33. The highest BCUT2D eigenvalue weighted by atomic mass is 16.3. The predicted molar refractivity (Wildman–Crippen MR) is 79.3 cm³/mol. The van der Waals surface area contributed by atoms with Crippen LogP contribution in [0.4, 0.5) is 0 Å². The fourth-order valence-electron chi connectivity index (χ4n) is 3.18. The van der Waals surface area contributed by atoms with Crippen molar-refractivity contribution in [3.63, 3.8) is 0 Å². The third kappa shape index (κ3) is 2.32. The Labute approximate surface area is 119 Å². The number of aromatic nitrogens is 1. The van der Waals surface area contributed by atoms with E-state index in [1.165, 1.54) is 0 Å². The van der Waals surface area contributed by atoms with Gasteiger partial charge in [-0.1, -0.05) is 31.2 Å². The molecule has 3 nitrogen and oxygen atoms in total. The number of benzene rings is 1. The van der Waals surface area contributed by atoms with Crippen LogP contribution in [0.25, 0.3) is 10.8 Å². The van der Waals surface area contributed by atoms with Gasteiger partial charge < -0.3 is 10.2 Å². The van der Waals surface area contributed by atoms with Gasteiger partial charge in [-0.25, -0.2) is 0 Å². The van der Waals surface area contributed by atoms with Gasteiger partial charge in [-0.3, -0.25) is 4.98 Å². The maximum absolute atomic E-state index is 10.8. The second kappa shape index (κ2) is 5.15. The van der Waals surface area contributed by atoms with Crippen molar-refractivity contribution in [2.24, 2.45) is 5.92 Å². The Hall–Kier alpha value is -1.45. The molecule has 3 heteroatoms. The number of rotatable bonds is 2. The summed E-state index contributed by atoms with van der Waals surface area (Å²) in [6, 6.07) is 7.86. The molecule has 0 radical (unpaired) electrons. The number of aliphatic hydroxyl groups excluding tert-OH is 1. The summed E-state index contributed by atoms with van der Waals surface area (Å²) in [7, 11) is 0. The van der Waals surface area contributed by atoms with E-state index in [9.17, 15) is 10.2 Å². The average Bonchev–Trinajstić information content (AvgIpc) is 2.49. The van der Waals surface area contributed by atoms with Crippen LogP contribution in [-0.2, 0) is 0 Å². The fourth-order valence-corrected chi connectivity index (χ4v) is 3.18. The monoisotopic (exact) mass is 271 g/mol. The van der Waals surface area contributed by atoms with Crippen molar-refractivity contribution < 1.29 is 10.2 Å². The standard InChI is InChI=1S/C17H21NO2/c1-12-6-8-17(20,9-7-12)16(19)15-11-18-10-13-4-2-3-5-14(13)15/h2-5,10-12,16,19-20H,6-9H2,1H3. The van der Waals surface area contributed by atoms with Gasteiger partial charge in [0.05, 0.1) is 5.60 Å². The van der Waals surface area contributed by atoms with Crippen LogP contribution in [0.5, 0.6) is 0 Å². The van der Waals surface area contributed by atoms with Gasteiger partial charge in [-0.15, -0.1) is 0 Å². The van der Waals surface area contributed by atoms with Gasteiger partial charge in [0.15, 0.2) is 0 Å². The molecule has 1 saturated carbocycles. The van der Waals surface area contributed by atoms with E-state index in [2.05, 4.69) is 11.9 Å². The molecule has 0 bridgehead atoms. The van der Waals surface area contributed by atoms with Crippen LogP contribution >= 0.6 is 0 Å². The Morgan fingerprint density at radius 3 is 2.65 bits per heavy atom. The first-order valence-electron chi connectivity index (χ1n) is 7.33. The molecule has 1 heterocycles. The van der Waals surface area contributed by atoms with Gasteiger partial charge in [0.2, 0.25) is 0 Å². The number of fused-ring (bicyclic) bond motifs is 1. The first kappa shape index (κ1) is 13.5. The molecule has 1 unspecified atom stereocenters. The zero-order valence-electron chi connectivity index (χ0n) is 11.8. The van der Waals surface area contributed by atoms with Gasteiger partial charge in [-0.2, -0.15) is 0 Å². The molecule has 0 spiro atoms. The Morgan fingerprint density at radius 2 is 1.90 bits per heavy atom. The molecule has 0 aliphatic heterocycles. The molecule has 3 rings (SSSR count). The molecular weight excluding hydrogens is 250 g/mol. The molecule has 2 aromatic rings. The summed E-state index contributed by atoms with van der Waals surface area (Å²) in [4.78, 5) is 4.20. The maximum atomic E-state index is 10.8. The number of hydrogen-bond acceptors (Lipinski definition) is 3. The van der Waals surface area contributed by atoms with E-state index in [0.717, 1.165) is 29.2 Å². The quantitative estimate of drug-likeness (QED) is 0.882. The second-order valence-corrected chi connectivity index (χ2v) is 6.14. The van der Waals surface area contributed by atoms with Gasteiger partial charge in [-0.05, 0) is 37.0 Å². The molecule has 1 aromatic heterocycles. The summed E-state index contributed by atoms with van der Waals surface area (Å²) < 4.78 is 0. The minimum Gasteiger partial charge on any atom is -0.387 e. The normalized spacial score (nSPS) is 28.4. The van der Waals surface area contributed by atoms with Crippen LogP contribution in [0.1, 0.15) is 44.3 Å². The van der Waals surface area contributed by atoms with E-state index in [1.54, 1.807) is 12.4 Å². The molecule has 1 atom stereocenters. The molecule has 20 heavy (non-hydrogen) atoms. The Kier molecular flexibility index (Phi) is 3.48. The van der Waals surface area contributed by atoms with Crippen molar-refractivity contribution in [2.45, 2.75) is 44.3 Å². The fraction of sp³-hybridized carbons (Fsp3) is 0.471. The largest absolute Gasteiger partial charge is 0.387 e. The lowest BCUT2D eigenvalue weighted by atomic mass is 9.74. The van der Waals surface area contributed by atoms with Crippen LogP contribution in [0, 0.1) is 5.92 Å². The molecule has 106 valence electrons. The molecule has 1 fully saturated rings. The van der Waals surface area contributed by atoms with E-state index in [1.807, 2.05) is 24.3 Å². The Bertz CT molecular complexity index is 597. The molecule has 1 aliphatic carbocycles. The third-order valence-electron chi connectivity index (χ3n) is 4.64. The van der Waals surface area contributed by atoms with Crippen molar-refractivity contribution in [2.75, 3.05) is 0 Å². The summed E-state index contributed by atoms with van der Waals surface area (Å²) in [5.74, 6) is 0.633. The van der Waals surface area contributed by atoms with Crippen molar-refractivity contribution in [3.8, 4) is 0 Å². The molecule has 1 aromatic carbocycles. The average molecular weight is 271 g/mol. The second-order valence-electron chi connectivity index (χ2n) is 6.14. The van der Waals surface area contributed by atoms with E-state index in [-0.39, 0.29) is 0 Å². The summed E-state index contributed by atoms with van der Waals surface area (Å²) >= 11 is 0. The zero-order chi connectivity index (χ0) is 14.2. The predicted octanol–water partition coefficient (Wildman–Crippen LogP) is 3.21. The van der Waals surface area contributed by atoms with Crippen molar-refractivity contribution in [3.05, 3.63) is 42.2 Å². The van der Waals surface area contributed by atoms with E-state index < -0.39 is 11.7 Å². The molecule has 2 N–H and O–H groups in total. The summed E-state index contributed by atoms with van der Waals surface area (Å²) in [6.45, 7) is 2.20. The highest BCUT2D eigenvalue weighted by Crippen LogP contribution is 2.41. The number of nitrogens with zero attached hydrogens (tertiary/aromatic N) is 1. The van der Waals surface area contributed by atoms with Crippen LogP contribution < -0.4 is 0 Å². The van der Waals surface area contributed by atoms with E-state index >= 15 is 0 Å². The SMILES string of the molecule is CC1CCC(O)(C(O)c2cncc3ccccc23)CC1. The Morgan fingerprint density at radius 1 is 1.20 bits per heavy atom. The van der Waals surface area contributed by atoms with Crippen molar-refractivity contribution >= 4 is 10.8 Å². The first-order chi connectivity index (χ1) is 9.60. The Balaban J connectivity index is 1.98. The smallest absolute Gasteiger partial charge is 0.110 e. The summed E-state index contributed by atoms with van der Waals surface area (Å²) in [5, 5.41) is 23.5. The van der Waals surface area contributed by atoms with Gasteiger partial charge in [0.1, 0.15) is 6.10 Å². The molecule has 1 aliphatic rings. The highest BCUT2D eigenvalue weighted by Gasteiger charge is 2.40. The zero-order valence-corrected chi connectivity index (χ0v) is 11.8. The maximum Gasteiger partial charge on any atom is 0.110 e. The lowest BCUT2D eigenvalue weighted by molar-refractivity contribution is -0.105. The van der Waals surface area contributed by atoms with E-state index in [0.29, 0.717) is 18.8 Å². The van der Waals surface area contributed by atoms with Crippen LogP contribution in [0.2, 0.25) is 0 Å². The lowest BCUT2D eigenvalue weighted by Gasteiger charge is -2.38. The number of aliphatic hydroxyl groups is 2. The summed E-state index contributed by atoms with van der Waals surface area (Å²) in [6.07, 6.45) is 5.84. The summed E-state index contributed by atoms with van der Waals surface area (Å²) in [5.41, 5.74) is -0.279. The van der Waals surface area contributed by atoms with Crippen LogP contribution in [0.15, 0.2) is 36.7 Å². The van der Waals surface area contributed by atoms with Gasteiger partial charge in [0.25, 0.3) is 0 Å². The molecule has 0 amide bonds. The van der Waals surface area contributed by atoms with Crippen molar-refractivity contribution in [1.82, 2.24) is 4.98 Å². The minimum atomic E-state index is -1.02. The topological polar surface area (TPSA) is 53.4 Å². The van der Waals surface area contributed by atoms with Crippen LogP contribution in [-0.4, -0.2) is 20.8 Å². The molecule has 0 saturated heterocycles. The number of hydrogen-bond donors (Lipinski definition) is 2. The van der Waals surface area contributed by atoms with Gasteiger partial charge >= 0.3 is 0 Å². The highest BCUT2D eigenvalue weighted by molar-refractivity contribution is 5.85. The van der Waals surface area contributed by atoms with E-state index in [4.69, 9.17) is 0 Å². The molecular formula is C17H21NO2. The van der Waals surface area contributed by atoms with Crippen LogP contribution in [0.3, 0.4) is 0 Å². The lowest BCUT2D eigenvalue weighted by Crippen LogP contribution is -2.40. The van der Waals surface area contributed by atoms with Gasteiger partial charge in [0, 0.05) is 23.3 Å².